The first-order chi connectivity index (χ1) is 7.16. The SMILES string of the molecule is Cc1ccc(C)c(C2CCC(C)NC2)c1. The number of rotatable bonds is 1. The van der Waals surface area contributed by atoms with Crippen molar-refractivity contribution < 1.29 is 0 Å². The van der Waals surface area contributed by atoms with Gasteiger partial charge in [0, 0.05) is 12.6 Å². The number of hydrogen-bond donors (Lipinski definition) is 1. The molecule has 0 radical (unpaired) electrons. The zero-order chi connectivity index (χ0) is 10.8. The Hall–Kier alpha value is -0.820. The average Bonchev–Trinajstić information content (AvgIpc) is 2.23. The van der Waals surface area contributed by atoms with Gasteiger partial charge in [-0.3, -0.25) is 0 Å². The van der Waals surface area contributed by atoms with E-state index < -0.39 is 0 Å². The predicted molar refractivity (Wildman–Crippen MR) is 65.4 cm³/mol. The Balaban J connectivity index is 2.18. The molecule has 1 saturated heterocycles. The Morgan fingerprint density at radius 2 is 2.00 bits per heavy atom. The Bertz CT molecular complexity index is 335. The maximum Gasteiger partial charge on any atom is 0.00391 e. The summed E-state index contributed by atoms with van der Waals surface area (Å²) in [6.07, 6.45) is 2.64. The molecule has 0 spiro atoms. The van der Waals surface area contributed by atoms with E-state index in [4.69, 9.17) is 0 Å². The van der Waals surface area contributed by atoms with Gasteiger partial charge in [-0.15, -0.1) is 0 Å². The van der Waals surface area contributed by atoms with Crippen LogP contribution in [0.15, 0.2) is 18.2 Å². The van der Waals surface area contributed by atoms with Gasteiger partial charge in [-0.05, 0) is 50.7 Å². The minimum atomic E-state index is 0.700. The van der Waals surface area contributed by atoms with Gasteiger partial charge >= 0.3 is 0 Å². The summed E-state index contributed by atoms with van der Waals surface area (Å²) in [6, 6.07) is 7.52. The van der Waals surface area contributed by atoms with Gasteiger partial charge in [-0.1, -0.05) is 23.8 Å². The van der Waals surface area contributed by atoms with Crippen LogP contribution < -0.4 is 5.32 Å². The number of benzene rings is 1. The lowest BCUT2D eigenvalue weighted by Gasteiger charge is -2.29. The third-order valence-corrected chi connectivity index (χ3v) is 3.54. The van der Waals surface area contributed by atoms with E-state index in [-0.39, 0.29) is 0 Å². The fourth-order valence-electron chi connectivity index (χ4n) is 2.46. The van der Waals surface area contributed by atoms with Gasteiger partial charge < -0.3 is 5.32 Å². The highest BCUT2D eigenvalue weighted by Crippen LogP contribution is 2.28. The highest BCUT2D eigenvalue weighted by molar-refractivity contribution is 5.33. The van der Waals surface area contributed by atoms with Crippen LogP contribution in [-0.4, -0.2) is 12.6 Å². The molecule has 1 heteroatoms. The van der Waals surface area contributed by atoms with Gasteiger partial charge in [0.2, 0.25) is 0 Å². The van der Waals surface area contributed by atoms with Gasteiger partial charge in [0.1, 0.15) is 0 Å². The third-order valence-electron chi connectivity index (χ3n) is 3.54. The van der Waals surface area contributed by atoms with Crippen molar-refractivity contribution in [1.82, 2.24) is 5.32 Å². The fraction of sp³-hybridized carbons (Fsp3) is 0.571. The summed E-state index contributed by atoms with van der Waals surface area (Å²) in [5.41, 5.74) is 4.38. The van der Waals surface area contributed by atoms with E-state index >= 15 is 0 Å². The fourth-order valence-corrected chi connectivity index (χ4v) is 2.46. The number of nitrogens with one attached hydrogen (secondary N) is 1. The normalized spacial score (nSPS) is 26.6. The second kappa shape index (κ2) is 4.36. The maximum absolute atomic E-state index is 3.58. The first kappa shape index (κ1) is 10.7. The van der Waals surface area contributed by atoms with Gasteiger partial charge in [-0.2, -0.15) is 0 Å². The molecule has 1 aromatic carbocycles. The zero-order valence-corrected chi connectivity index (χ0v) is 10.0. The van der Waals surface area contributed by atoms with Crippen molar-refractivity contribution in [2.75, 3.05) is 6.54 Å². The molecule has 15 heavy (non-hydrogen) atoms. The van der Waals surface area contributed by atoms with Crippen molar-refractivity contribution in [3.8, 4) is 0 Å². The lowest BCUT2D eigenvalue weighted by atomic mass is 9.86. The highest BCUT2D eigenvalue weighted by Gasteiger charge is 2.20. The highest BCUT2D eigenvalue weighted by atomic mass is 14.9. The summed E-state index contributed by atoms with van der Waals surface area (Å²) in [6.45, 7) is 7.83. The number of piperidine rings is 1. The molecule has 2 atom stereocenters. The molecule has 2 rings (SSSR count). The second-order valence-electron chi connectivity index (χ2n) is 4.94. The molecule has 0 amide bonds. The van der Waals surface area contributed by atoms with Crippen LogP contribution >= 0.6 is 0 Å². The van der Waals surface area contributed by atoms with Crippen LogP contribution in [0.25, 0.3) is 0 Å². The van der Waals surface area contributed by atoms with Crippen LogP contribution in [0.2, 0.25) is 0 Å². The van der Waals surface area contributed by atoms with Crippen molar-refractivity contribution >= 4 is 0 Å². The standard InChI is InChI=1S/C14H21N/c1-10-4-5-11(2)14(8-10)13-7-6-12(3)15-9-13/h4-5,8,12-13,15H,6-7,9H2,1-3H3. The Kier molecular flexibility index (Phi) is 3.11. The summed E-state index contributed by atoms with van der Waals surface area (Å²) in [5.74, 6) is 0.723. The summed E-state index contributed by atoms with van der Waals surface area (Å²) in [7, 11) is 0. The van der Waals surface area contributed by atoms with Crippen LogP contribution in [0.3, 0.4) is 0 Å². The maximum atomic E-state index is 3.58. The van der Waals surface area contributed by atoms with E-state index in [0.717, 1.165) is 12.5 Å². The molecule has 1 nitrogen and oxygen atoms in total. The van der Waals surface area contributed by atoms with Crippen molar-refractivity contribution in [3.05, 3.63) is 34.9 Å². The molecule has 0 bridgehead atoms. The summed E-state index contributed by atoms with van der Waals surface area (Å²) < 4.78 is 0. The third kappa shape index (κ3) is 2.40. The molecular weight excluding hydrogens is 182 g/mol. The van der Waals surface area contributed by atoms with Crippen molar-refractivity contribution in [3.63, 3.8) is 0 Å². The molecule has 0 aromatic heterocycles. The first-order valence-corrected chi connectivity index (χ1v) is 5.97. The molecule has 0 saturated carbocycles. The van der Waals surface area contributed by atoms with Gasteiger partial charge in [0.25, 0.3) is 0 Å². The summed E-state index contributed by atoms with van der Waals surface area (Å²) >= 11 is 0. The van der Waals surface area contributed by atoms with Gasteiger partial charge in [-0.25, -0.2) is 0 Å². The molecule has 0 aliphatic carbocycles. The molecule has 1 aliphatic rings. The van der Waals surface area contributed by atoms with Crippen molar-refractivity contribution in [2.45, 2.75) is 45.6 Å². The minimum Gasteiger partial charge on any atom is -0.314 e. The second-order valence-corrected chi connectivity index (χ2v) is 4.94. The monoisotopic (exact) mass is 203 g/mol. The largest absolute Gasteiger partial charge is 0.314 e. The summed E-state index contributed by atoms with van der Waals surface area (Å²) in [5, 5.41) is 3.58. The van der Waals surface area contributed by atoms with E-state index in [2.05, 4.69) is 44.3 Å². The molecule has 1 aromatic rings. The van der Waals surface area contributed by atoms with Crippen LogP contribution in [0, 0.1) is 13.8 Å². The van der Waals surface area contributed by atoms with Crippen LogP contribution in [0.1, 0.15) is 42.4 Å². The molecular formula is C14H21N. The Morgan fingerprint density at radius 3 is 2.67 bits per heavy atom. The average molecular weight is 203 g/mol. The summed E-state index contributed by atoms with van der Waals surface area (Å²) in [4.78, 5) is 0. The quantitative estimate of drug-likeness (QED) is 0.739. The molecule has 82 valence electrons. The molecule has 1 N–H and O–H groups in total. The molecule has 1 aliphatic heterocycles. The number of aryl methyl sites for hydroxylation is 2. The van der Waals surface area contributed by atoms with E-state index in [9.17, 15) is 0 Å². The molecule has 2 unspecified atom stereocenters. The smallest absolute Gasteiger partial charge is 0.00391 e. The van der Waals surface area contributed by atoms with Crippen LogP contribution in [0.5, 0.6) is 0 Å². The van der Waals surface area contributed by atoms with E-state index in [1.165, 1.54) is 24.0 Å². The Labute approximate surface area is 92.9 Å². The van der Waals surface area contributed by atoms with E-state index in [1.807, 2.05) is 0 Å². The lowest BCUT2D eigenvalue weighted by Crippen LogP contribution is -2.35. The topological polar surface area (TPSA) is 12.0 Å². The minimum absolute atomic E-state index is 0.700. The van der Waals surface area contributed by atoms with Gasteiger partial charge in [0.05, 0.1) is 0 Å². The van der Waals surface area contributed by atoms with Gasteiger partial charge in [0.15, 0.2) is 0 Å². The van der Waals surface area contributed by atoms with Crippen molar-refractivity contribution in [1.29, 1.82) is 0 Å². The number of hydrogen-bond acceptors (Lipinski definition) is 1. The molecule has 1 fully saturated rings. The van der Waals surface area contributed by atoms with E-state index in [1.54, 1.807) is 5.56 Å². The zero-order valence-electron chi connectivity index (χ0n) is 10.0. The first-order valence-electron chi connectivity index (χ1n) is 5.97. The Morgan fingerprint density at radius 1 is 1.20 bits per heavy atom. The predicted octanol–water partition coefficient (Wildman–Crippen LogP) is 3.16. The lowest BCUT2D eigenvalue weighted by molar-refractivity contribution is 0.384. The van der Waals surface area contributed by atoms with E-state index in [0.29, 0.717) is 6.04 Å². The van der Waals surface area contributed by atoms with Crippen LogP contribution in [-0.2, 0) is 0 Å². The van der Waals surface area contributed by atoms with Crippen LogP contribution in [0.4, 0.5) is 0 Å². The van der Waals surface area contributed by atoms with Crippen molar-refractivity contribution in [2.24, 2.45) is 0 Å². The molecule has 1 heterocycles.